The minimum absolute atomic E-state index is 0.114. The zero-order valence-corrected chi connectivity index (χ0v) is 13.0. The Bertz CT molecular complexity index is 636. The molecule has 0 atom stereocenters. The molecule has 0 unspecified atom stereocenters. The van der Waals surface area contributed by atoms with Crippen LogP contribution in [0.5, 0.6) is 0 Å². The molecule has 2 rings (SSSR count). The molecule has 0 heterocycles. The lowest BCUT2D eigenvalue weighted by Gasteiger charge is -2.08. The van der Waals surface area contributed by atoms with Gasteiger partial charge in [0.25, 0.3) is 0 Å². The maximum absolute atomic E-state index is 13.9. The number of amidine groups is 1. The van der Waals surface area contributed by atoms with E-state index >= 15 is 0 Å². The molecule has 0 aliphatic rings. The van der Waals surface area contributed by atoms with Gasteiger partial charge >= 0.3 is 0 Å². The standard InChI is InChI=1S/C17H19FN2S/c1-11(2)12-5-7-15(8-6-12)21-10-14-4-3-13(17(19)20)9-16(14)18/h3-9,11H,10H2,1-2H3,(H3,19,20). The summed E-state index contributed by atoms with van der Waals surface area (Å²) in [6, 6.07) is 13.1. The van der Waals surface area contributed by atoms with Gasteiger partial charge in [-0.2, -0.15) is 0 Å². The van der Waals surface area contributed by atoms with Crippen LogP contribution in [0.4, 0.5) is 4.39 Å². The zero-order valence-electron chi connectivity index (χ0n) is 12.2. The molecule has 0 saturated carbocycles. The Morgan fingerprint density at radius 2 is 1.86 bits per heavy atom. The van der Waals surface area contributed by atoms with Gasteiger partial charge in [-0.05, 0) is 35.2 Å². The van der Waals surface area contributed by atoms with Crippen LogP contribution in [0.25, 0.3) is 0 Å². The second kappa shape index (κ2) is 6.76. The van der Waals surface area contributed by atoms with Crippen LogP contribution in [0, 0.1) is 11.2 Å². The van der Waals surface area contributed by atoms with Gasteiger partial charge in [-0.3, -0.25) is 5.41 Å². The van der Waals surface area contributed by atoms with E-state index in [9.17, 15) is 4.39 Å². The molecule has 0 saturated heterocycles. The maximum Gasteiger partial charge on any atom is 0.127 e. The number of rotatable bonds is 5. The van der Waals surface area contributed by atoms with Crippen LogP contribution in [0.3, 0.4) is 0 Å². The second-order valence-electron chi connectivity index (χ2n) is 5.23. The van der Waals surface area contributed by atoms with Crippen molar-refractivity contribution in [3.05, 3.63) is 65.0 Å². The van der Waals surface area contributed by atoms with Crippen molar-refractivity contribution < 1.29 is 4.39 Å². The molecule has 0 spiro atoms. The molecule has 110 valence electrons. The first-order valence-electron chi connectivity index (χ1n) is 6.83. The molecule has 2 nitrogen and oxygen atoms in total. The average Bonchev–Trinajstić information content (AvgIpc) is 2.46. The molecule has 0 aliphatic heterocycles. The van der Waals surface area contributed by atoms with Crippen LogP contribution in [-0.2, 0) is 5.75 Å². The smallest absolute Gasteiger partial charge is 0.127 e. The Hall–Kier alpha value is -1.81. The zero-order chi connectivity index (χ0) is 15.4. The van der Waals surface area contributed by atoms with E-state index in [1.807, 2.05) is 0 Å². The summed E-state index contributed by atoms with van der Waals surface area (Å²) < 4.78 is 13.9. The van der Waals surface area contributed by atoms with Crippen molar-refractivity contribution in [1.82, 2.24) is 0 Å². The minimum Gasteiger partial charge on any atom is -0.384 e. The highest BCUT2D eigenvalue weighted by atomic mass is 32.2. The molecule has 4 heteroatoms. The third-order valence-electron chi connectivity index (χ3n) is 3.31. The molecular weight excluding hydrogens is 283 g/mol. The normalized spacial score (nSPS) is 10.9. The van der Waals surface area contributed by atoms with E-state index in [-0.39, 0.29) is 11.7 Å². The molecular formula is C17H19FN2S. The first-order chi connectivity index (χ1) is 9.97. The minimum atomic E-state index is -0.311. The van der Waals surface area contributed by atoms with Crippen LogP contribution in [0.2, 0.25) is 0 Å². The molecule has 0 bridgehead atoms. The Labute approximate surface area is 129 Å². The number of halogens is 1. The predicted molar refractivity (Wildman–Crippen MR) is 87.5 cm³/mol. The van der Waals surface area contributed by atoms with Crippen LogP contribution in [-0.4, -0.2) is 5.84 Å². The number of nitrogens with two attached hydrogens (primary N) is 1. The summed E-state index contributed by atoms with van der Waals surface area (Å²) in [5.41, 5.74) is 7.69. The van der Waals surface area contributed by atoms with Crippen molar-refractivity contribution >= 4 is 17.6 Å². The molecule has 0 fully saturated rings. The average molecular weight is 302 g/mol. The van der Waals surface area contributed by atoms with Gasteiger partial charge in [0, 0.05) is 16.2 Å². The lowest BCUT2D eigenvalue weighted by Crippen LogP contribution is -2.11. The fraction of sp³-hybridized carbons (Fsp3) is 0.235. The van der Waals surface area contributed by atoms with Crippen molar-refractivity contribution in [1.29, 1.82) is 5.41 Å². The van der Waals surface area contributed by atoms with E-state index in [1.54, 1.807) is 23.9 Å². The lowest BCUT2D eigenvalue weighted by atomic mass is 10.0. The number of thioether (sulfide) groups is 1. The second-order valence-corrected chi connectivity index (χ2v) is 6.28. The molecule has 21 heavy (non-hydrogen) atoms. The van der Waals surface area contributed by atoms with Crippen LogP contribution >= 0.6 is 11.8 Å². The van der Waals surface area contributed by atoms with Gasteiger partial charge in [-0.25, -0.2) is 4.39 Å². The highest BCUT2D eigenvalue weighted by Crippen LogP contribution is 2.26. The molecule has 2 aromatic carbocycles. The van der Waals surface area contributed by atoms with Gasteiger partial charge in [0.15, 0.2) is 0 Å². The lowest BCUT2D eigenvalue weighted by molar-refractivity contribution is 0.617. The summed E-state index contributed by atoms with van der Waals surface area (Å²) in [7, 11) is 0. The molecule has 3 N–H and O–H groups in total. The molecule has 0 aliphatic carbocycles. The van der Waals surface area contributed by atoms with Gasteiger partial charge in [0.05, 0.1) is 0 Å². The van der Waals surface area contributed by atoms with E-state index < -0.39 is 0 Å². The first-order valence-corrected chi connectivity index (χ1v) is 7.81. The third kappa shape index (κ3) is 4.08. The predicted octanol–water partition coefficient (Wildman–Crippen LogP) is 4.53. The maximum atomic E-state index is 13.9. The highest BCUT2D eigenvalue weighted by molar-refractivity contribution is 7.98. The molecule has 2 aromatic rings. The quantitative estimate of drug-likeness (QED) is 0.484. The van der Waals surface area contributed by atoms with Crippen LogP contribution in [0.1, 0.15) is 36.5 Å². The Morgan fingerprint density at radius 1 is 1.19 bits per heavy atom. The fourth-order valence-corrected chi connectivity index (χ4v) is 2.83. The van der Waals surface area contributed by atoms with E-state index in [2.05, 4.69) is 38.1 Å². The van der Waals surface area contributed by atoms with Gasteiger partial charge < -0.3 is 5.73 Å². The summed E-state index contributed by atoms with van der Waals surface area (Å²) in [5.74, 6) is 0.650. The summed E-state index contributed by atoms with van der Waals surface area (Å²) in [6.45, 7) is 4.32. The largest absolute Gasteiger partial charge is 0.384 e. The number of benzene rings is 2. The van der Waals surface area contributed by atoms with Crippen molar-refractivity contribution in [2.45, 2.75) is 30.4 Å². The molecule has 0 radical (unpaired) electrons. The van der Waals surface area contributed by atoms with E-state index in [0.717, 1.165) is 4.90 Å². The van der Waals surface area contributed by atoms with Gasteiger partial charge in [0.2, 0.25) is 0 Å². The summed E-state index contributed by atoms with van der Waals surface area (Å²) in [4.78, 5) is 1.12. The topological polar surface area (TPSA) is 49.9 Å². The summed E-state index contributed by atoms with van der Waals surface area (Å²) in [5, 5.41) is 7.30. The van der Waals surface area contributed by atoms with Gasteiger partial charge in [0.1, 0.15) is 11.7 Å². The first kappa shape index (κ1) is 15.6. The summed E-state index contributed by atoms with van der Waals surface area (Å²) >= 11 is 1.60. The van der Waals surface area contributed by atoms with Crippen molar-refractivity contribution in [2.75, 3.05) is 0 Å². The van der Waals surface area contributed by atoms with E-state index in [0.29, 0.717) is 22.8 Å². The van der Waals surface area contributed by atoms with Crippen LogP contribution < -0.4 is 5.73 Å². The number of hydrogen-bond donors (Lipinski definition) is 2. The van der Waals surface area contributed by atoms with E-state index in [4.69, 9.17) is 11.1 Å². The van der Waals surface area contributed by atoms with Crippen molar-refractivity contribution in [3.63, 3.8) is 0 Å². The van der Waals surface area contributed by atoms with Crippen molar-refractivity contribution in [3.8, 4) is 0 Å². The van der Waals surface area contributed by atoms with Crippen LogP contribution in [0.15, 0.2) is 47.4 Å². The Morgan fingerprint density at radius 3 is 2.38 bits per heavy atom. The van der Waals surface area contributed by atoms with E-state index in [1.165, 1.54) is 11.6 Å². The SMILES string of the molecule is CC(C)c1ccc(SCc2ccc(C(=N)N)cc2F)cc1. The molecule has 0 aromatic heterocycles. The third-order valence-corrected chi connectivity index (χ3v) is 4.37. The number of hydrogen-bond acceptors (Lipinski definition) is 2. The fourth-order valence-electron chi connectivity index (χ4n) is 1.94. The monoisotopic (exact) mass is 302 g/mol. The Balaban J connectivity index is 2.04. The highest BCUT2D eigenvalue weighted by Gasteiger charge is 2.06. The van der Waals surface area contributed by atoms with Gasteiger partial charge in [-0.1, -0.05) is 38.1 Å². The molecule has 0 amide bonds. The number of nitrogens with one attached hydrogen (secondary N) is 1. The Kier molecular flexibility index (Phi) is 5.02. The summed E-state index contributed by atoms with van der Waals surface area (Å²) in [6.07, 6.45) is 0. The van der Waals surface area contributed by atoms with Gasteiger partial charge in [-0.15, -0.1) is 11.8 Å². The van der Waals surface area contributed by atoms with Crippen molar-refractivity contribution in [2.24, 2.45) is 5.73 Å². The number of nitrogen functional groups attached to an aromatic ring is 1.